The zero-order valence-corrected chi connectivity index (χ0v) is 19.4. The quantitative estimate of drug-likeness (QED) is 0.176. The van der Waals surface area contributed by atoms with Gasteiger partial charge < -0.3 is 5.32 Å². The topological polar surface area (TPSA) is 95.1 Å². The van der Waals surface area contributed by atoms with Gasteiger partial charge in [-0.3, -0.25) is 4.79 Å². The van der Waals surface area contributed by atoms with E-state index >= 15 is 0 Å². The van der Waals surface area contributed by atoms with Crippen molar-refractivity contribution in [1.29, 1.82) is 0 Å². The summed E-state index contributed by atoms with van der Waals surface area (Å²) in [4.78, 5) is 16.3. The summed E-state index contributed by atoms with van der Waals surface area (Å²) < 4.78 is 37.8. The van der Waals surface area contributed by atoms with Gasteiger partial charge >= 0.3 is 6.18 Å². The predicted molar refractivity (Wildman–Crippen MR) is 130 cm³/mol. The number of halogens is 3. The van der Waals surface area contributed by atoms with Crippen molar-refractivity contribution in [2.45, 2.75) is 24.8 Å². The van der Waals surface area contributed by atoms with Crippen molar-refractivity contribution in [1.82, 2.24) is 20.5 Å². The van der Waals surface area contributed by atoms with Gasteiger partial charge in [0.2, 0.25) is 17.0 Å². The number of carbonyl (C=O) groups excluding carboxylic acids is 1. The second-order valence-electron chi connectivity index (χ2n) is 7.60. The van der Waals surface area contributed by atoms with Gasteiger partial charge in [-0.05, 0) is 47.0 Å². The summed E-state index contributed by atoms with van der Waals surface area (Å²) in [6.45, 7) is 2.01. The van der Waals surface area contributed by atoms with E-state index in [2.05, 4.69) is 37.1 Å². The number of hydrogen-bond donors (Lipinski definition) is 3. The number of benzene rings is 3. The Morgan fingerprint density at radius 3 is 2.54 bits per heavy atom. The number of anilines is 1. The van der Waals surface area contributed by atoms with E-state index in [1.165, 1.54) is 12.1 Å². The lowest BCUT2D eigenvalue weighted by molar-refractivity contribution is -0.137. The summed E-state index contributed by atoms with van der Waals surface area (Å²) in [5.41, 5.74) is 4.40. The molecule has 0 radical (unpaired) electrons. The van der Waals surface area contributed by atoms with Crippen molar-refractivity contribution in [3.63, 3.8) is 0 Å². The average Bonchev–Trinajstić information content (AvgIpc) is 3.32. The standard InChI is InChI=1S/C24H21F3N6OS/c1-15(18-9-8-17-4-2-3-5-19(17)12-18)30-31-22-29-23(33-32-22)35-14-21(34)28-13-16-6-10-20(11-7-16)24(25,26)27/h2-12H,13-14H2,1H3,(H,28,34)(H2,29,31,32,33)/b30-15-. The molecule has 0 unspecified atom stereocenters. The molecule has 0 saturated carbocycles. The number of rotatable bonds is 8. The Hall–Kier alpha value is -3.86. The van der Waals surface area contributed by atoms with Crippen LogP contribution in [-0.4, -0.2) is 32.6 Å². The molecule has 0 aliphatic rings. The van der Waals surface area contributed by atoms with E-state index in [1.807, 2.05) is 43.3 Å². The van der Waals surface area contributed by atoms with Crippen LogP contribution in [0.4, 0.5) is 19.1 Å². The molecule has 1 amide bonds. The summed E-state index contributed by atoms with van der Waals surface area (Å²) in [5.74, 6) is 0.0919. The number of carbonyl (C=O) groups is 1. The molecule has 180 valence electrons. The Balaban J connectivity index is 1.25. The van der Waals surface area contributed by atoms with E-state index in [9.17, 15) is 18.0 Å². The number of fused-ring (bicyclic) bond motifs is 1. The molecule has 0 aliphatic heterocycles. The molecule has 3 aromatic carbocycles. The summed E-state index contributed by atoms with van der Waals surface area (Å²) >= 11 is 1.12. The van der Waals surface area contributed by atoms with E-state index in [0.29, 0.717) is 16.7 Å². The molecule has 7 nitrogen and oxygen atoms in total. The number of aromatic nitrogens is 3. The van der Waals surface area contributed by atoms with E-state index in [0.717, 1.165) is 45.9 Å². The summed E-state index contributed by atoms with van der Waals surface area (Å²) in [6.07, 6.45) is -4.39. The van der Waals surface area contributed by atoms with Gasteiger partial charge in [0.25, 0.3) is 0 Å². The van der Waals surface area contributed by atoms with Crippen LogP contribution in [0, 0.1) is 0 Å². The first kappa shape index (κ1) is 24.3. The first-order valence-electron chi connectivity index (χ1n) is 10.6. The fraction of sp³-hybridized carbons (Fsp3) is 0.167. The van der Waals surface area contributed by atoms with Gasteiger partial charge in [0, 0.05) is 6.54 Å². The monoisotopic (exact) mass is 498 g/mol. The van der Waals surface area contributed by atoms with Crippen LogP contribution < -0.4 is 10.7 Å². The number of amides is 1. The summed E-state index contributed by atoms with van der Waals surface area (Å²) in [5, 5.41) is 16.4. The third kappa shape index (κ3) is 6.60. The molecular formula is C24H21F3N6OS. The number of nitrogens with one attached hydrogen (secondary N) is 3. The van der Waals surface area contributed by atoms with Crippen molar-refractivity contribution in [2.24, 2.45) is 5.10 Å². The Bertz CT molecular complexity index is 1350. The average molecular weight is 499 g/mol. The molecule has 4 aromatic rings. The zero-order valence-electron chi connectivity index (χ0n) is 18.6. The summed E-state index contributed by atoms with van der Waals surface area (Å²) in [6, 6.07) is 18.8. The highest BCUT2D eigenvalue weighted by Crippen LogP contribution is 2.29. The first-order chi connectivity index (χ1) is 16.8. The minimum absolute atomic E-state index is 0.0529. The third-order valence-electron chi connectivity index (χ3n) is 5.06. The van der Waals surface area contributed by atoms with Crippen LogP contribution in [0.2, 0.25) is 0 Å². The van der Waals surface area contributed by atoms with Gasteiger partial charge in [-0.2, -0.15) is 23.3 Å². The van der Waals surface area contributed by atoms with Crippen LogP contribution in [0.1, 0.15) is 23.6 Å². The molecule has 0 fully saturated rings. The lowest BCUT2D eigenvalue weighted by Crippen LogP contribution is -2.24. The Kier molecular flexibility index (Phi) is 7.35. The van der Waals surface area contributed by atoms with E-state index in [-0.39, 0.29) is 18.2 Å². The normalized spacial score (nSPS) is 12.1. The molecule has 0 saturated heterocycles. The number of hydrazone groups is 1. The molecule has 1 aromatic heterocycles. The van der Waals surface area contributed by atoms with Gasteiger partial charge in [0.05, 0.1) is 17.0 Å². The minimum atomic E-state index is -4.39. The largest absolute Gasteiger partial charge is 0.416 e. The van der Waals surface area contributed by atoms with Crippen molar-refractivity contribution in [3.8, 4) is 0 Å². The smallest absolute Gasteiger partial charge is 0.351 e. The van der Waals surface area contributed by atoms with Gasteiger partial charge in [0.15, 0.2) is 0 Å². The summed E-state index contributed by atoms with van der Waals surface area (Å²) in [7, 11) is 0. The third-order valence-corrected chi connectivity index (χ3v) is 5.91. The number of aromatic amines is 1. The van der Waals surface area contributed by atoms with E-state index in [4.69, 9.17) is 0 Å². The molecule has 1 heterocycles. The fourth-order valence-corrected chi connectivity index (χ4v) is 3.80. The van der Waals surface area contributed by atoms with Crippen molar-refractivity contribution in [3.05, 3.63) is 83.4 Å². The SMILES string of the molecule is C/C(=N/Nc1nc(SCC(=O)NCc2ccc(C(F)(F)F)cc2)n[nH]1)c1ccc2ccccc2c1. The second-order valence-corrected chi connectivity index (χ2v) is 8.54. The highest BCUT2D eigenvalue weighted by atomic mass is 32.2. The fourth-order valence-electron chi connectivity index (χ4n) is 3.17. The van der Waals surface area contributed by atoms with Gasteiger partial charge in [-0.15, -0.1) is 5.10 Å². The van der Waals surface area contributed by atoms with Crippen LogP contribution in [0.5, 0.6) is 0 Å². The minimum Gasteiger partial charge on any atom is -0.351 e. The van der Waals surface area contributed by atoms with Crippen molar-refractivity contribution >= 4 is 40.1 Å². The Morgan fingerprint density at radius 2 is 1.80 bits per heavy atom. The van der Waals surface area contributed by atoms with Gasteiger partial charge in [0.1, 0.15) is 0 Å². The van der Waals surface area contributed by atoms with Gasteiger partial charge in [-0.25, -0.2) is 10.5 Å². The van der Waals surface area contributed by atoms with Crippen molar-refractivity contribution < 1.29 is 18.0 Å². The molecule has 0 bridgehead atoms. The molecule has 0 atom stereocenters. The molecule has 3 N–H and O–H groups in total. The molecule has 35 heavy (non-hydrogen) atoms. The van der Waals surface area contributed by atoms with Crippen LogP contribution in [0.15, 0.2) is 77.0 Å². The molecule has 11 heteroatoms. The lowest BCUT2D eigenvalue weighted by atomic mass is 10.0. The Labute approximate surface area is 203 Å². The van der Waals surface area contributed by atoms with Crippen LogP contribution in [0.25, 0.3) is 10.8 Å². The van der Waals surface area contributed by atoms with Gasteiger partial charge in [-0.1, -0.05) is 60.3 Å². The zero-order chi connectivity index (χ0) is 24.8. The van der Waals surface area contributed by atoms with E-state index in [1.54, 1.807) is 0 Å². The second kappa shape index (κ2) is 10.6. The van der Waals surface area contributed by atoms with Crippen LogP contribution in [-0.2, 0) is 17.5 Å². The number of hydrogen-bond acceptors (Lipinski definition) is 6. The lowest BCUT2D eigenvalue weighted by Gasteiger charge is -2.08. The van der Waals surface area contributed by atoms with E-state index < -0.39 is 11.7 Å². The number of H-pyrrole nitrogens is 1. The predicted octanol–water partition coefficient (Wildman–Crippen LogP) is 5.22. The first-order valence-corrected chi connectivity index (χ1v) is 11.5. The Morgan fingerprint density at radius 1 is 1.06 bits per heavy atom. The molecule has 0 aliphatic carbocycles. The number of nitrogens with zero attached hydrogens (tertiary/aromatic N) is 3. The molecule has 0 spiro atoms. The maximum absolute atomic E-state index is 12.6. The van der Waals surface area contributed by atoms with Crippen LogP contribution >= 0.6 is 11.8 Å². The molecular weight excluding hydrogens is 477 g/mol. The highest BCUT2D eigenvalue weighted by molar-refractivity contribution is 7.99. The number of alkyl halides is 3. The maximum Gasteiger partial charge on any atom is 0.416 e. The number of thioether (sulfide) groups is 1. The van der Waals surface area contributed by atoms with Crippen LogP contribution in [0.3, 0.4) is 0 Å². The maximum atomic E-state index is 12.6. The highest BCUT2D eigenvalue weighted by Gasteiger charge is 2.29. The van der Waals surface area contributed by atoms with Crippen molar-refractivity contribution in [2.75, 3.05) is 11.2 Å². The molecule has 4 rings (SSSR count).